The third-order valence-electron chi connectivity index (χ3n) is 8.32. The number of anilines is 7. The van der Waals surface area contributed by atoms with Gasteiger partial charge in [0.2, 0.25) is 5.91 Å². The molecule has 12 nitrogen and oxygen atoms in total. The van der Waals surface area contributed by atoms with Crippen LogP contribution in [0.3, 0.4) is 0 Å². The van der Waals surface area contributed by atoms with Crippen LogP contribution >= 0.6 is 22.9 Å². The first kappa shape index (κ1) is 34.2. The normalized spacial score (nSPS) is 12.3. The van der Waals surface area contributed by atoms with Crippen molar-refractivity contribution in [3.63, 3.8) is 0 Å². The van der Waals surface area contributed by atoms with Gasteiger partial charge in [-0.1, -0.05) is 53.7 Å². The number of benzene rings is 5. The maximum Gasteiger partial charge on any atom is 0.280 e. The molecule has 1 aliphatic heterocycles. The molecule has 1 aliphatic rings. The Morgan fingerprint density at radius 3 is 2.42 bits per heavy atom. The Labute approximate surface area is 307 Å². The summed E-state index contributed by atoms with van der Waals surface area (Å²) in [7, 11) is 1.33. The van der Waals surface area contributed by atoms with Crippen molar-refractivity contribution < 1.29 is 19.5 Å². The van der Waals surface area contributed by atoms with Crippen LogP contribution in [0.5, 0.6) is 5.75 Å². The van der Waals surface area contributed by atoms with E-state index in [4.69, 9.17) is 16.4 Å². The van der Waals surface area contributed by atoms with E-state index in [-0.39, 0.29) is 28.2 Å². The summed E-state index contributed by atoms with van der Waals surface area (Å²) in [6.07, 6.45) is 0. The van der Waals surface area contributed by atoms with Gasteiger partial charge in [0.25, 0.3) is 5.91 Å². The van der Waals surface area contributed by atoms with Gasteiger partial charge < -0.3 is 30.8 Å². The quantitative estimate of drug-likeness (QED) is 0.0499. The van der Waals surface area contributed by atoms with Crippen molar-refractivity contribution in [2.24, 2.45) is 15.4 Å². The second-order valence-electron chi connectivity index (χ2n) is 11.8. The Hall–Kier alpha value is -6.31. The number of hydrogen-bond donors (Lipinski definition) is 4. The van der Waals surface area contributed by atoms with Crippen LogP contribution < -0.4 is 20.9 Å². The first-order valence-corrected chi connectivity index (χ1v) is 17.4. The SMILES string of the molecule is CO/N=C(\C(=O)Nc1cc2c(cc1C)Nc1cc(C)c(N=Nc3c(O)ccc4ccccc34)cc1N2c1ccccc1)c1csc(NC(=O)CCl)n1. The van der Waals surface area contributed by atoms with Crippen LogP contribution in [-0.4, -0.2) is 40.6 Å². The minimum atomic E-state index is -0.559. The average molecular weight is 731 g/mol. The van der Waals surface area contributed by atoms with Crippen LogP contribution in [0, 0.1) is 13.8 Å². The summed E-state index contributed by atoms with van der Waals surface area (Å²) in [5, 5.41) is 36.5. The number of amides is 2. The molecule has 0 radical (unpaired) electrons. The number of carbonyl (C=O) groups excluding carboxylic acids is 2. The topological polar surface area (TPSA) is 153 Å². The first-order valence-electron chi connectivity index (χ1n) is 16.0. The number of oxime groups is 1. The molecule has 0 bridgehead atoms. The second kappa shape index (κ2) is 14.5. The minimum absolute atomic E-state index is 0.0385. The molecule has 0 saturated heterocycles. The number of thiazole rings is 1. The molecule has 0 saturated carbocycles. The lowest BCUT2D eigenvalue weighted by Gasteiger charge is -2.35. The van der Waals surface area contributed by atoms with E-state index < -0.39 is 11.8 Å². The van der Waals surface area contributed by atoms with Crippen LogP contribution in [0.1, 0.15) is 16.8 Å². The summed E-state index contributed by atoms with van der Waals surface area (Å²) in [6.45, 7) is 3.86. The summed E-state index contributed by atoms with van der Waals surface area (Å²) in [6, 6.07) is 28.8. The highest BCUT2D eigenvalue weighted by Gasteiger charge is 2.28. The molecule has 0 aliphatic carbocycles. The highest BCUT2D eigenvalue weighted by molar-refractivity contribution is 7.14. The van der Waals surface area contributed by atoms with Gasteiger partial charge in [-0.05, 0) is 72.8 Å². The number of nitrogens with zero attached hydrogens (tertiary/aromatic N) is 5. The molecule has 0 atom stereocenters. The summed E-state index contributed by atoms with van der Waals surface area (Å²) in [5.74, 6) is -1.17. The predicted molar refractivity (Wildman–Crippen MR) is 207 cm³/mol. The number of alkyl halides is 1. The lowest BCUT2D eigenvalue weighted by atomic mass is 10.0. The van der Waals surface area contributed by atoms with Gasteiger partial charge in [0, 0.05) is 22.1 Å². The zero-order chi connectivity index (χ0) is 36.4. The molecular weight excluding hydrogens is 700 g/mol. The van der Waals surface area contributed by atoms with Crippen molar-refractivity contribution in [1.29, 1.82) is 0 Å². The van der Waals surface area contributed by atoms with Crippen LogP contribution in [0.15, 0.2) is 112 Å². The van der Waals surface area contributed by atoms with E-state index in [0.29, 0.717) is 17.1 Å². The fourth-order valence-corrected chi connectivity index (χ4v) is 6.63. The zero-order valence-corrected chi connectivity index (χ0v) is 29.7. The molecule has 2 amide bonds. The van der Waals surface area contributed by atoms with Gasteiger partial charge in [0.05, 0.1) is 28.4 Å². The number of halogens is 1. The Balaban J connectivity index is 1.26. The number of aryl methyl sites for hydroxylation is 2. The van der Waals surface area contributed by atoms with Gasteiger partial charge in [-0.25, -0.2) is 4.98 Å². The molecule has 14 heteroatoms. The number of aromatic nitrogens is 1. The molecule has 52 heavy (non-hydrogen) atoms. The Morgan fingerprint density at radius 1 is 0.923 bits per heavy atom. The molecule has 7 rings (SSSR count). The lowest BCUT2D eigenvalue weighted by Crippen LogP contribution is -2.25. The summed E-state index contributed by atoms with van der Waals surface area (Å²) in [5.41, 5.74) is 7.47. The maximum absolute atomic E-state index is 13.7. The number of fused-ring (bicyclic) bond motifs is 3. The summed E-state index contributed by atoms with van der Waals surface area (Å²) in [4.78, 5) is 36.9. The second-order valence-corrected chi connectivity index (χ2v) is 12.9. The molecule has 2 heterocycles. The molecule has 0 fully saturated rings. The minimum Gasteiger partial charge on any atom is -0.506 e. The van der Waals surface area contributed by atoms with Crippen molar-refractivity contribution in [2.75, 3.05) is 33.8 Å². The van der Waals surface area contributed by atoms with Crippen molar-refractivity contribution in [2.45, 2.75) is 13.8 Å². The fourth-order valence-electron chi connectivity index (χ4n) is 5.85. The highest BCUT2D eigenvalue weighted by Crippen LogP contribution is 2.51. The number of para-hydroxylation sites is 1. The largest absolute Gasteiger partial charge is 0.506 e. The number of hydrogen-bond acceptors (Lipinski definition) is 11. The third-order valence-corrected chi connectivity index (χ3v) is 9.32. The summed E-state index contributed by atoms with van der Waals surface area (Å²) >= 11 is 6.74. The van der Waals surface area contributed by atoms with Crippen LogP contribution in [0.2, 0.25) is 0 Å². The lowest BCUT2D eigenvalue weighted by molar-refractivity contribution is -0.114. The predicted octanol–water partition coefficient (Wildman–Crippen LogP) is 9.73. The van der Waals surface area contributed by atoms with E-state index in [2.05, 4.69) is 41.2 Å². The van der Waals surface area contributed by atoms with Crippen LogP contribution in [0.4, 0.5) is 50.6 Å². The van der Waals surface area contributed by atoms with Gasteiger partial charge in [-0.3, -0.25) is 9.59 Å². The van der Waals surface area contributed by atoms with E-state index in [1.165, 1.54) is 7.11 Å². The molecule has 260 valence electrons. The monoisotopic (exact) mass is 730 g/mol. The number of azo groups is 1. The van der Waals surface area contributed by atoms with Crippen molar-refractivity contribution in [3.8, 4) is 5.75 Å². The van der Waals surface area contributed by atoms with E-state index in [9.17, 15) is 14.7 Å². The number of carbonyl (C=O) groups is 2. The van der Waals surface area contributed by atoms with Crippen molar-refractivity contribution >= 4 is 102 Å². The number of phenols is 1. The van der Waals surface area contributed by atoms with Crippen molar-refractivity contribution in [1.82, 2.24) is 4.98 Å². The molecule has 0 spiro atoms. The van der Waals surface area contributed by atoms with E-state index in [1.54, 1.807) is 11.4 Å². The summed E-state index contributed by atoms with van der Waals surface area (Å²) < 4.78 is 0. The number of nitrogens with one attached hydrogen (secondary N) is 3. The van der Waals surface area contributed by atoms with E-state index >= 15 is 0 Å². The van der Waals surface area contributed by atoms with Crippen molar-refractivity contribution in [3.05, 3.63) is 113 Å². The zero-order valence-electron chi connectivity index (χ0n) is 28.1. The van der Waals surface area contributed by atoms with Gasteiger partial charge in [0.15, 0.2) is 10.8 Å². The molecule has 1 aromatic heterocycles. The van der Waals surface area contributed by atoms with Crippen LogP contribution in [-0.2, 0) is 14.4 Å². The first-order chi connectivity index (χ1) is 25.2. The van der Waals surface area contributed by atoms with Gasteiger partial charge in [-0.2, -0.15) is 5.11 Å². The average Bonchev–Trinajstić information content (AvgIpc) is 3.61. The maximum atomic E-state index is 13.7. The Kier molecular flexibility index (Phi) is 9.53. The molecule has 6 aromatic rings. The highest BCUT2D eigenvalue weighted by atomic mass is 35.5. The van der Waals surface area contributed by atoms with Gasteiger partial charge in [-0.15, -0.1) is 28.1 Å². The van der Waals surface area contributed by atoms with Crippen LogP contribution in [0.25, 0.3) is 10.8 Å². The van der Waals surface area contributed by atoms with Gasteiger partial charge >= 0.3 is 0 Å². The standard InChI is InChI=1S/C38H31ClN8O4S/c1-21-15-28-31(17-26(21)41-37(50)36(46-51-3)30-20-52-38(42-30)43-34(49)19-39)47(24-10-5-4-6-11-24)32-18-27(22(2)16-29(32)40-28)44-45-35-25-12-8-7-9-23(25)13-14-33(35)48/h4-18,20,40,48H,19H2,1-3H3,(H,41,50)(H,42,43,49)/b45-44?,46-36-. The molecule has 4 N–H and O–H groups in total. The van der Waals surface area contributed by atoms with E-state index in [0.717, 1.165) is 61.7 Å². The number of rotatable bonds is 9. The fraction of sp³-hybridized carbons (Fsp3) is 0.105. The Bertz CT molecular complexity index is 2410. The van der Waals surface area contributed by atoms with Gasteiger partial charge in [0.1, 0.15) is 30.1 Å². The number of aromatic hydroxyl groups is 1. The van der Waals surface area contributed by atoms with E-state index in [1.807, 2.05) is 98.8 Å². The smallest absolute Gasteiger partial charge is 0.280 e. The molecular formula is C38H31ClN8O4S. The molecule has 0 unspecified atom stereocenters. The third kappa shape index (κ3) is 6.74. The number of phenolic OH excluding ortho intramolecular Hbond substituents is 1. The molecule has 5 aromatic carbocycles. The Morgan fingerprint density at radius 2 is 1.65 bits per heavy atom.